The normalized spacial score (nSPS) is 11.9. The van der Waals surface area contributed by atoms with Gasteiger partial charge in [-0.25, -0.2) is 0 Å². The Labute approximate surface area is 161 Å². The number of aromatic nitrogens is 5. The van der Waals surface area contributed by atoms with Crippen LogP contribution in [0.3, 0.4) is 0 Å². The number of azo groups is 1. The van der Waals surface area contributed by atoms with Gasteiger partial charge in [-0.15, -0.1) is 20.4 Å². The van der Waals surface area contributed by atoms with Gasteiger partial charge in [-0.1, -0.05) is 18.2 Å². The predicted molar refractivity (Wildman–Crippen MR) is 105 cm³/mol. The van der Waals surface area contributed by atoms with Crippen LogP contribution in [-0.4, -0.2) is 35.2 Å². The van der Waals surface area contributed by atoms with Gasteiger partial charge in [0.05, 0.1) is 10.4 Å². The first-order valence-corrected chi connectivity index (χ1v) is 8.54. The summed E-state index contributed by atoms with van der Waals surface area (Å²) in [6, 6.07) is 10.3. The number of aromatic amines is 2. The van der Waals surface area contributed by atoms with Gasteiger partial charge in [0.25, 0.3) is 11.6 Å². The topological polar surface area (TPSA) is 158 Å². The van der Waals surface area contributed by atoms with Crippen molar-refractivity contribution in [2.24, 2.45) is 10.2 Å². The SMILES string of the molecule is Cc1cc([N+](=O)[O-])cc2c(N=Nc3nnc4c(n3)[nH]c3ccccc34)c(O)[nH]c12. The van der Waals surface area contributed by atoms with Gasteiger partial charge in [0.1, 0.15) is 5.52 Å². The number of hydrogen-bond donors (Lipinski definition) is 3. The summed E-state index contributed by atoms with van der Waals surface area (Å²) < 4.78 is 0. The van der Waals surface area contributed by atoms with Crippen molar-refractivity contribution in [1.82, 2.24) is 25.1 Å². The lowest BCUT2D eigenvalue weighted by molar-refractivity contribution is -0.384. The van der Waals surface area contributed by atoms with Crippen LogP contribution in [0.1, 0.15) is 5.56 Å². The summed E-state index contributed by atoms with van der Waals surface area (Å²) >= 11 is 0. The number of benzene rings is 2. The van der Waals surface area contributed by atoms with E-state index >= 15 is 0 Å². The van der Waals surface area contributed by atoms with Gasteiger partial charge in [-0.2, -0.15) is 4.98 Å². The summed E-state index contributed by atoms with van der Waals surface area (Å²) in [5.41, 5.74) is 3.08. The van der Waals surface area contributed by atoms with Gasteiger partial charge in [0.2, 0.25) is 5.88 Å². The molecule has 29 heavy (non-hydrogen) atoms. The molecule has 0 aliphatic heterocycles. The number of H-pyrrole nitrogens is 2. The maximum absolute atomic E-state index is 11.1. The summed E-state index contributed by atoms with van der Waals surface area (Å²) in [4.78, 5) is 20.8. The van der Waals surface area contributed by atoms with Gasteiger partial charge in [-0.05, 0) is 18.6 Å². The van der Waals surface area contributed by atoms with Crippen molar-refractivity contribution < 1.29 is 10.0 Å². The van der Waals surface area contributed by atoms with Gasteiger partial charge < -0.3 is 15.1 Å². The molecule has 0 radical (unpaired) electrons. The molecule has 0 fully saturated rings. The van der Waals surface area contributed by atoms with Crippen LogP contribution in [0.2, 0.25) is 0 Å². The fourth-order valence-electron chi connectivity index (χ4n) is 3.28. The molecular formula is C18H12N8O3. The van der Waals surface area contributed by atoms with Crippen molar-refractivity contribution in [2.45, 2.75) is 6.92 Å². The molecule has 3 heterocycles. The summed E-state index contributed by atoms with van der Waals surface area (Å²) in [5, 5.41) is 38.7. The lowest BCUT2D eigenvalue weighted by Gasteiger charge is -1.97. The Kier molecular flexibility index (Phi) is 3.50. The minimum atomic E-state index is -0.506. The molecule has 0 spiro atoms. The standard InChI is InChI=1S/C18H12N8O3/c1-8-6-9(26(28)29)7-11-13(8)20-17(27)15(11)23-25-18-21-16-14(22-24-18)10-4-2-3-5-12(10)19-16/h2-7,20,27H,1H3,(H,19,21,24). The van der Waals surface area contributed by atoms with Crippen molar-refractivity contribution in [2.75, 3.05) is 0 Å². The third kappa shape index (κ3) is 2.64. The quantitative estimate of drug-likeness (QED) is 0.237. The minimum Gasteiger partial charge on any atom is -0.493 e. The van der Waals surface area contributed by atoms with Gasteiger partial charge in [0, 0.05) is 28.4 Å². The molecule has 11 nitrogen and oxygen atoms in total. The Hall–Kier alpha value is -4.41. The molecule has 2 aromatic carbocycles. The molecule has 5 rings (SSSR count). The second-order valence-electron chi connectivity index (χ2n) is 6.44. The zero-order valence-electron chi connectivity index (χ0n) is 14.9. The number of nitro groups is 1. The Morgan fingerprint density at radius 1 is 1.10 bits per heavy atom. The van der Waals surface area contributed by atoms with Crippen LogP contribution in [0.25, 0.3) is 33.0 Å². The van der Waals surface area contributed by atoms with E-state index in [0.717, 1.165) is 10.9 Å². The number of aromatic hydroxyl groups is 1. The third-order valence-electron chi connectivity index (χ3n) is 4.60. The number of nitrogens with zero attached hydrogens (tertiary/aromatic N) is 6. The fourth-order valence-corrected chi connectivity index (χ4v) is 3.28. The second-order valence-corrected chi connectivity index (χ2v) is 6.44. The number of hydrogen-bond acceptors (Lipinski definition) is 8. The van der Waals surface area contributed by atoms with Crippen LogP contribution in [0.15, 0.2) is 46.6 Å². The average molecular weight is 388 g/mol. The van der Waals surface area contributed by atoms with E-state index in [9.17, 15) is 15.2 Å². The number of fused-ring (bicyclic) bond motifs is 4. The molecule has 5 aromatic rings. The monoisotopic (exact) mass is 388 g/mol. The van der Waals surface area contributed by atoms with Crippen LogP contribution in [0.4, 0.5) is 17.3 Å². The third-order valence-corrected chi connectivity index (χ3v) is 4.60. The maximum Gasteiger partial charge on any atom is 0.289 e. The number of para-hydroxylation sites is 1. The molecule has 0 amide bonds. The highest BCUT2D eigenvalue weighted by Crippen LogP contribution is 2.39. The average Bonchev–Trinajstić information content (AvgIpc) is 3.23. The molecule has 0 unspecified atom stereocenters. The van der Waals surface area contributed by atoms with Crippen molar-refractivity contribution in [1.29, 1.82) is 0 Å². The van der Waals surface area contributed by atoms with Crippen molar-refractivity contribution in [3.63, 3.8) is 0 Å². The molecule has 3 aromatic heterocycles. The maximum atomic E-state index is 11.1. The molecule has 3 N–H and O–H groups in total. The van der Waals surface area contributed by atoms with E-state index in [1.807, 2.05) is 24.3 Å². The van der Waals surface area contributed by atoms with Gasteiger partial charge in [0.15, 0.2) is 11.3 Å². The lowest BCUT2D eigenvalue weighted by atomic mass is 10.1. The Bertz CT molecular complexity index is 1470. The molecule has 142 valence electrons. The van der Waals surface area contributed by atoms with Crippen LogP contribution in [0, 0.1) is 17.0 Å². The smallest absolute Gasteiger partial charge is 0.289 e. The molecule has 0 aliphatic rings. The molecule has 0 bridgehead atoms. The fraction of sp³-hybridized carbons (Fsp3) is 0.0556. The van der Waals surface area contributed by atoms with Crippen LogP contribution < -0.4 is 0 Å². The van der Waals surface area contributed by atoms with Gasteiger partial charge >= 0.3 is 0 Å². The highest BCUT2D eigenvalue weighted by molar-refractivity contribution is 6.03. The first kappa shape index (κ1) is 16.7. The first-order valence-electron chi connectivity index (χ1n) is 8.54. The molecular weight excluding hydrogens is 376 g/mol. The van der Waals surface area contributed by atoms with Crippen LogP contribution in [-0.2, 0) is 0 Å². The summed E-state index contributed by atoms with van der Waals surface area (Å²) in [6.07, 6.45) is 0. The van der Waals surface area contributed by atoms with E-state index in [1.165, 1.54) is 12.1 Å². The van der Waals surface area contributed by atoms with Crippen molar-refractivity contribution in [3.8, 4) is 5.88 Å². The minimum absolute atomic E-state index is 0.0139. The van der Waals surface area contributed by atoms with Gasteiger partial charge in [-0.3, -0.25) is 10.1 Å². The first-order chi connectivity index (χ1) is 14.0. The molecule has 0 saturated carbocycles. The molecule has 11 heteroatoms. The molecule has 0 atom stereocenters. The number of non-ortho nitro benzene ring substituents is 1. The summed E-state index contributed by atoms with van der Waals surface area (Å²) in [6.45, 7) is 1.70. The lowest BCUT2D eigenvalue weighted by Crippen LogP contribution is -1.89. The highest BCUT2D eigenvalue weighted by atomic mass is 16.6. The zero-order chi connectivity index (χ0) is 20.1. The van der Waals surface area contributed by atoms with E-state index in [-0.39, 0.29) is 23.2 Å². The van der Waals surface area contributed by atoms with E-state index in [4.69, 9.17) is 0 Å². The summed E-state index contributed by atoms with van der Waals surface area (Å²) in [7, 11) is 0. The van der Waals surface area contributed by atoms with Crippen LogP contribution in [0.5, 0.6) is 5.88 Å². The Morgan fingerprint density at radius 3 is 2.76 bits per heavy atom. The predicted octanol–water partition coefficient (Wildman–Crippen LogP) is 4.33. The number of nitro benzene ring substituents is 1. The summed E-state index contributed by atoms with van der Waals surface area (Å²) in [5.74, 6) is -0.271. The number of aryl methyl sites for hydroxylation is 1. The number of nitrogens with one attached hydrogen (secondary N) is 2. The van der Waals surface area contributed by atoms with Crippen molar-refractivity contribution >= 4 is 50.3 Å². The van der Waals surface area contributed by atoms with E-state index in [1.54, 1.807) is 6.92 Å². The zero-order valence-corrected chi connectivity index (χ0v) is 14.9. The highest BCUT2D eigenvalue weighted by Gasteiger charge is 2.18. The molecule has 0 aliphatic carbocycles. The van der Waals surface area contributed by atoms with E-state index in [2.05, 4.69) is 35.4 Å². The second kappa shape index (κ2) is 6.05. The van der Waals surface area contributed by atoms with E-state index < -0.39 is 4.92 Å². The van der Waals surface area contributed by atoms with Crippen molar-refractivity contribution in [3.05, 3.63) is 52.1 Å². The number of rotatable bonds is 3. The Balaban J connectivity index is 1.60. The van der Waals surface area contributed by atoms with E-state index in [0.29, 0.717) is 27.6 Å². The Morgan fingerprint density at radius 2 is 1.93 bits per heavy atom. The largest absolute Gasteiger partial charge is 0.493 e. The molecule has 0 saturated heterocycles. The van der Waals surface area contributed by atoms with Crippen LogP contribution >= 0.6 is 0 Å².